The van der Waals surface area contributed by atoms with Gasteiger partial charge in [0.15, 0.2) is 0 Å². The number of nitrogens with zero attached hydrogens (tertiary/aromatic N) is 1. The third-order valence-corrected chi connectivity index (χ3v) is 2.55. The van der Waals surface area contributed by atoms with E-state index in [4.69, 9.17) is 10.5 Å². The van der Waals surface area contributed by atoms with Crippen LogP contribution in [-0.2, 0) is 9.53 Å². The fraction of sp³-hybridized carbons (Fsp3) is 0.462. The molecule has 6 heteroatoms. The van der Waals surface area contributed by atoms with Crippen LogP contribution in [0.15, 0.2) is 18.3 Å². The highest BCUT2D eigenvalue weighted by molar-refractivity contribution is 5.89. The molecule has 1 aromatic heterocycles. The van der Waals surface area contributed by atoms with Gasteiger partial charge in [-0.2, -0.15) is 0 Å². The first-order valence-corrected chi connectivity index (χ1v) is 6.14. The Kier molecular flexibility index (Phi) is 5.29. The number of carbonyl (C=O) groups excluding carboxylic acids is 2. The molecule has 0 aliphatic heterocycles. The molecular weight excluding hydrogens is 246 g/mol. The largest absolute Gasteiger partial charge is 0.462 e. The van der Waals surface area contributed by atoms with Crippen LogP contribution in [0.1, 0.15) is 31.1 Å². The quantitative estimate of drug-likeness (QED) is 0.753. The van der Waals surface area contributed by atoms with E-state index < -0.39 is 17.9 Å². The molecular formula is C13H19N3O3. The van der Waals surface area contributed by atoms with Crippen molar-refractivity contribution in [3.8, 4) is 0 Å². The Hall–Kier alpha value is -2.11. The van der Waals surface area contributed by atoms with Crippen LogP contribution in [-0.4, -0.2) is 29.5 Å². The molecule has 0 saturated carbocycles. The molecule has 1 unspecified atom stereocenters. The summed E-state index contributed by atoms with van der Waals surface area (Å²) in [7, 11) is 0. The van der Waals surface area contributed by atoms with Crippen LogP contribution in [0.3, 0.4) is 0 Å². The third-order valence-electron chi connectivity index (χ3n) is 2.55. The first kappa shape index (κ1) is 14.9. The lowest BCUT2D eigenvalue weighted by Gasteiger charge is -2.19. The first-order chi connectivity index (χ1) is 8.95. The summed E-state index contributed by atoms with van der Waals surface area (Å²) in [6.07, 6.45) is 1.40. The summed E-state index contributed by atoms with van der Waals surface area (Å²) in [5.41, 5.74) is 5.67. The van der Waals surface area contributed by atoms with E-state index in [1.807, 2.05) is 13.8 Å². The highest BCUT2D eigenvalue weighted by atomic mass is 16.5. The summed E-state index contributed by atoms with van der Waals surface area (Å²) in [4.78, 5) is 26.8. The molecule has 1 amide bonds. The standard InChI is InChI=1S/C13H19N3O3/c1-4-19-13(18)9-5-6-10(15-7-9)16-11(8(2)3)12(14)17/h5-8,11H,4H2,1-3H3,(H2,14,17)(H,15,16). The maximum absolute atomic E-state index is 11.4. The van der Waals surface area contributed by atoms with Gasteiger partial charge in [0.05, 0.1) is 12.2 Å². The Morgan fingerprint density at radius 3 is 2.53 bits per heavy atom. The molecule has 0 aromatic carbocycles. The number of nitrogens with two attached hydrogens (primary N) is 1. The molecule has 0 saturated heterocycles. The van der Waals surface area contributed by atoms with Crippen LogP contribution in [0.5, 0.6) is 0 Å². The Morgan fingerprint density at radius 2 is 2.11 bits per heavy atom. The predicted octanol–water partition coefficient (Wildman–Crippen LogP) is 1.18. The van der Waals surface area contributed by atoms with Gasteiger partial charge in [-0.3, -0.25) is 4.79 Å². The minimum absolute atomic E-state index is 0.0454. The van der Waals surface area contributed by atoms with E-state index in [1.165, 1.54) is 6.20 Å². The zero-order valence-electron chi connectivity index (χ0n) is 11.3. The van der Waals surface area contributed by atoms with Crippen molar-refractivity contribution >= 4 is 17.7 Å². The van der Waals surface area contributed by atoms with Crippen molar-refractivity contribution in [3.63, 3.8) is 0 Å². The van der Waals surface area contributed by atoms with Gasteiger partial charge in [-0.25, -0.2) is 9.78 Å². The molecule has 3 N–H and O–H groups in total. The zero-order chi connectivity index (χ0) is 14.4. The van der Waals surface area contributed by atoms with Crippen molar-refractivity contribution in [3.05, 3.63) is 23.9 Å². The van der Waals surface area contributed by atoms with Crippen LogP contribution in [0.2, 0.25) is 0 Å². The molecule has 1 rings (SSSR count). The number of pyridine rings is 1. The van der Waals surface area contributed by atoms with Gasteiger partial charge in [0, 0.05) is 6.20 Å². The summed E-state index contributed by atoms with van der Waals surface area (Å²) in [6.45, 7) is 5.82. The van der Waals surface area contributed by atoms with E-state index >= 15 is 0 Å². The van der Waals surface area contributed by atoms with Gasteiger partial charge in [-0.15, -0.1) is 0 Å². The second kappa shape index (κ2) is 6.72. The van der Waals surface area contributed by atoms with Crippen molar-refractivity contribution in [2.24, 2.45) is 11.7 Å². The topological polar surface area (TPSA) is 94.3 Å². The summed E-state index contributed by atoms with van der Waals surface area (Å²) >= 11 is 0. The fourth-order valence-electron chi connectivity index (χ4n) is 1.54. The molecule has 0 aliphatic rings. The molecule has 0 spiro atoms. The van der Waals surface area contributed by atoms with Gasteiger partial charge in [0.1, 0.15) is 11.9 Å². The van der Waals surface area contributed by atoms with E-state index in [2.05, 4.69) is 10.3 Å². The van der Waals surface area contributed by atoms with Crippen LogP contribution in [0.4, 0.5) is 5.82 Å². The van der Waals surface area contributed by atoms with Gasteiger partial charge in [0.2, 0.25) is 5.91 Å². The smallest absolute Gasteiger partial charge is 0.339 e. The number of esters is 1. The number of ether oxygens (including phenoxy) is 1. The predicted molar refractivity (Wildman–Crippen MR) is 71.6 cm³/mol. The zero-order valence-corrected chi connectivity index (χ0v) is 11.3. The van der Waals surface area contributed by atoms with E-state index in [0.717, 1.165) is 0 Å². The number of amides is 1. The molecule has 104 valence electrons. The van der Waals surface area contributed by atoms with Crippen molar-refractivity contribution in [2.45, 2.75) is 26.8 Å². The second-order valence-corrected chi connectivity index (χ2v) is 4.42. The molecule has 1 atom stereocenters. The maximum Gasteiger partial charge on any atom is 0.339 e. The van der Waals surface area contributed by atoms with E-state index in [9.17, 15) is 9.59 Å². The number of rotatable bonds is 6. The highest BCUT2D eigenvalue weighted by Gasteiger charge is 2.19. The lowest BCUT2D eigenvalue weighted by Crippen LogP contribution is -2.39. The van der Waals surface area contributed by atoms with Crippen molar-refractivity contribution in [2.75, 3.05) is 11.9 Å². The minimum Gasteiger partial charge on any atom is -0.462 e. The molecule has 1 aromatic rings. The Balaban J connectivity index is 2.76. The Morgan fingerprint density at radius 1 is 1.42 bits per heavy atom. The van der Waals surface area contributed by atoms with Crippen LogP contribution in [0, 0.1) is 5.92 Å². The van der Waals surface area contributed by atoms with E-state index in [0.29, 0.717) is 18.0 Å². The number of hydrogen-bond acceptors (Lipinski definition) is 5. The highest BCUT2D eigenvalue weighted by Crippen LogP contribution is 2.11. The third kappa shape index (κ3) is 4.24. The van der Waals surface area contributed by atoms with Gasteiger partial charge in [-0.05, 0) is 25.0 Å². The Labute approximate surface area is 112 Å². The number of nitrogens with one attached hydrogen (secondary N) is 1. The molecule has 0 aliphatic carbocycles. The van der Waals surface area contributed by atoms with Gasteiger partial charge >= 0.3 is 5.97 Å². The number of aromatic nitrogens is 1. The van der Waals surface area contributed by atoms with Crippen LogP contribution >= 0.6 is 0 Å². The maximum atomic E-state index is 11.4. The lowest BCUT2D eigenvalue weighted by atomic mass is 10.0. The second-order valence-electron chi connectivity index (χ2n) is 4.42. The Bertz CT molecular complexity index is 443. The van der Waals surface area contributed by atoms with Crippen LogP contribution in [0.25, 0.3) is 0 Å². The first-order valence-electron chi connectivity index (χ1n) is 6.14. The number of hydrogen-bond donors (Lipinski definition) is 2. The summed E-state index contributed by atoms with van der Waals surface area (Å²) in [6, 6.07) is 2.71. The number of anilines is 1. The lowest BCUT2D eigenvalue weighted by molar-refractivity contribution is -0.119. The molecule has 0 bridgehead atoms. The molecule has 0 fully saturated rings. The monoisotopic (exact) mass is 265 g/mol. The van der Waals surface area contributed by atoms with Crippen molar-refractivity contribution < 1.29 is 14.3 Å². The van der Waals surface area contributed by atoms with E-state index in [-0.39, 0.29) is 5.92 Å². The molecule has 0 radical (unpaired) electrons. The fourth-order valence-corrected chi connectivity index (χ4v) is 1.54. The molecule has 19 heavy (non-hydrogen) atoms. The van der Waals surface area contributed by atoms with Gasteiger partial charge in [-0.1, -0.05) is 13.8 Å². The van der Waals surface area contributed by atoms with Gasteiger partial charge in [0.25, 0.3) is 0 Å². The number of primary amides is 1. The summed E-state index contributed by atoms with van der Waals surface area (Å²) in [5, 5.41) is 2.94. The minimum atomic E-state index is -0.499. The number of carbonyl (C=O) groups is 2. The molecule has 6 nitrogen and oxygen atoms in total. The normalized spacial score (nSPS) is 12.0. The van der Waals surface area contributed by atoms with Gasteiger partial charge < -0.3 is 15.8 Å². The summed E-state index contributed by atoms with van der Waals surface area (Å²) < 4.78 is 4.85. The SMILES string of the molecule is CCOC(=O)c1ccc(NC(C(N)=O)C(C)C)nc1. The van der Waals surface area contributed by atoms with Crippen LogP contribution < -0.4 is 11.1 Å². The average Bonchev–Trinajstić information content (AvgIpc) is 2.36. The average molecular weight is 265 g/mol. The van der Waals surface area contributed by atoms with E-state index in [1.54, 1.807) is 19.1 Å². The molecule has 1 heterocycles. The van der Waals surface area contributed by atoms with Crippen molar-refractivity contribution in [1.29, 1.82) is 0 Å². The summed E-state index contributed by atoms with van der Waals surface area (Å²) in [5.74, 6) is -0.322. The van der Waals surface area contributed by atoms with Crippen molar-refractivity contribution in [1.82, 2.24) is 4.98 Å².